The van der Waals surface area contributed by atoms with Gasteiger partial charge in [0.2, 0.25) is 0 Å². The Hall–Kier alpha value is -0.890. The Morgan fingerprint density at radius 2 is 2.00 bits per heavy atom. The third-order valence-electron chi connectivity index (χ3n) is 1.99. The average Bonchev–Trinajstić information content (AvgIpc) is 2.01. The van der Waals surface area contributed by atoms with Crippen LogP contribution in [-0.4, -0.2) is 12.0 Å². The maximum absolute atomic E-state index is 4.44. The first-order valence-electron chi connectivity index (χ1n) is 4.26. The van der Waals surface area contributed by atoms with Gasteiger partial charge in [0.25, 0.3) is 0 Å². The Morgan fingerprint density at radius 1 is 1.33 bits per heavy atom. The molecule has 0 amide bonds. The summed E-state index contributed by atoms with van der Waals surface area (Å²) in [7, 11) is 1.95. The first-order valence-corrected chi connectivity index (χ1v) is 4.26. The minimum Gasteiger partial charge on any atom is -0.312 e. The number of aromatic nitrogens is 1. The maximum Gasteiger partial charge on any atom is 0.0576 e. The second-order valence-corrected chi connectivity index (χ2v) is 3.22. The molecule has 2 nitrogen and oxygen atoms in total. The van der Waals surface area contributed by atoms with E-state index in [1.54, 1.807) is 0 Å². The van der Waals surface area contributed by atoms with Gasteiger partial charge in [-0.15, -0.1) is 0 Å². The van der Waals surface area contributed by atoms with Crippen LogP contribution in [0.2, 0.25) is 0 Å². The molecule has 0 bridgehead atoms. The monoisotopic (exact) mass is 164 g/mol. The molecule has 0 aromatic carbocycles. The van der Waals surface area contributed by atoms with E-state index in [1.165, 1.54) is 5.56 Å². The van der Waals surface area contributed by atoms with Crippen LogP contribution in [0.15, 0.2) is 12.1 Å². The molecule has 0 spiro atoms. The molecule has 0 radical (unpaired) electrons. The lowest BCUT2D eigenvalue weighted by Crippen LogP contribution is -2.14. The van der Waals surface area contributed by atoms with Gasteiger partial charge in [-0.25, -0.2) is 0 Å². The predicted molar refractivity (Wildman–Crippen MR) is 51.2 cm³/mol. The predicted octanol–water partition coefficient (Wildman–Crippen LogP) is 1.98. The SMILES string of the molecule is CNC(C)c1cc(C)cc(C)n1. The van der Waals surface area contributed by atoms with Gasteiger partial charge in [0.15, 0.2) is 0 Å². The molecule has 1 N–H and O–H groups in total. The van der Waals surface area contributed by atoms with Crippen LogP contribution >= 0.6 is 0 Å². The van der Waals surface area contributed by atoms with Gasteiger partial charge in [0.05, 0.1) is 5.69 Å². The fraction of sp³-hybridized carbons (Fsp3) is 0.500. The van der Waals surface area contributed by atoms with E-state index in [9.17, 15) is 0 Å². The van der Waals surface area contributed by atoms with Crippen LogP contribution in [0, 0.1) is 13.8 Å². The van der Waals surface area contributed by atoms with Gasteiger partial charge in [-0.2, -0.15) is 0 Å². The molecule has 66 valence electrons. The van der Waals surface area contributed by atoms with E-state index in [0.29, 0.717) is 6.04 Å². The fourth-order valence-electron chi connectivity index (χ4n) is 1.24. The third kappa shape index (κ3) is 2.05. The molecule has 0 aliphatic carbocycles. The summed E-state index contributed by atoms with van der Waals surface area (Å²) in [6.07, 6.45) is 0. The number of hydrogen-bond acceptors (Lipinski definition) is 2. The smallest absolute Gasteiger partial charge is 0.0576 e. The van der Waals surface area contributed by atoms with E-state index < -0.39 is 0 Å². The Kier molecular flexibility index (Phi) is 2.82. The normalized spacial score (nSPS) is 13.0. The van der Waals surface area contributed by atoms with Crippen LogP contribution in [0.25, 0.3) is 0 Å². The molecule has 12 heavy (non-hydrogen) atoms. The van der Waals surface area contributed by atoms with Gasteiger partial charge in [-0.05, 0) is 45.5 Å². The van der Waals surface area contributed by atoms with Crippen LogP contribution in [0.3, 0.4) is 0 Å². The highest BCUT2D eigenvalue weighted by Crippen LogP contribution is 2.11. The van der Waals surface area contributed by atoms with Crippen LogP contribution in [0.1, 0.15) is 29.9 Å². The summed E-state index contributed by atoms with van der Waals surface area (Å²) in [6.45, 7) is 6.24. The maximum atomic E-state index is 4.44. The molecule has 0 fully saturated rings. The van der Waals surface area contributed by atoms with Crippen molar-refractivity contribution in [1.29, 1.82) is 0 Å². The molecule has 0 saturated heterocycles. The quantitative estimate of drug-likeness (QED) is 0.723. The molecule has 1 rings (SSSR count). The van der Waals surface area contributed by atoms with Crippen LogP contribution in [0.5, 0.6) is 0 Å². The Morgan fingerprint density at radius 3 is 2.50 bits per heavy atom. The van der Waals surface area contributed by atoms with Gasteiger partial charge < -0.3 is 5.32 Å². The molecule has 0 aliphatic rings. The number of nitrogens with one attached hydrogen (secondary N) is 1. The molecule has 0 saturated carbocycles. The zero-order valence-corrected chi connectivity index (χ0v) is 8.18. The summed E-state index contributed by atoms with van der Waals surface area (Å²) in [6, 6.07) is 4.55. The highest BCUT2D eigenvalue weighted by atomic mass is 14.9. The Balaban J connectivity index is 3.00. The van der Waals surface area contributed by atoms with E-state index in [1.807, 2.05) is 14.0 Å². The van der Waals surface area contributed by atoms with Gasteiger partial charge in [-0.1, -0.05) is 0 Å². The van der Waals surface area contributed by atoms with Gasteiger partial charge >= 0.3 is 0 Å². The summed E-state index contributed by atoms with van der Waals surface area (Å²) in [5, 5.41) is 3.17. The molecular weight excluding hydrogens is 148 g/mol. The molecular formula is C10H16N2. The van der Waals surface area contributed by atoms with Gasteiger partial charge in [0.1, 0.15) is 0 Å². The fourth-order valence-corrected chi connectivity index (χ4v) is 1.24. The van der Waals surface area contributed by atoms with Crippen molar-refractivity contribution in [3.63, 3.8) is 0 Å². The van der Waals surface area contributed by atoms with Crippen LogP contribution < -0.4 is 5.32 Å². The van der Waals surface area contributed by atoms with Crippen molar-refractivity contribution < 1.29 is 0 Å². The number of nitrogens with zero attached hydrogens (tertiary/aromatic N) is 1. The Labute approximate surface area is 74.0 Å². The number of rotatable bonds is 2. The second-order valence-electron chi connectivity index (χ2n) is 3.22. The Bertz CT molecular complexity index is 248. The lowest BCUT2D eigenvalue weighted by molar-refractivity contribution is 0.630. The molecule has 2 heteroatoms. The first-order chi connectivity index (χ1) is 5.63. The van der Waals surface area contributed by atoms with Gasteiger partial charge in [0, 0.05) is 11.7 Å². The summed E-state index contributed by atoms with van der Waals surface area (Å²) in [5.41, 5.74) is 3.49. The minimum atomic E-state index is 0.337. The number of aryl methyl sites for hydroxylation is 2. The molecule has 1 atom stereocenters. The summed E-state index contributed by atoms with van der Waals surface area (Å²) in [4.78, 5) is 4.44. The highest BCUT2D eigenvalue weighted by Gasteiger charge is 2.04. The lowest BCUT2D eigenvalue weighted by atomic mass is 10.1. The van der Waals surface area contributed by atoms with E-state index in [0.717, 1.165) is 11.4 Å². The summed E-state index contributed by atoms with van der Waals surface area (Å²) in [5.74, 6) is 0. The molecule has 1 aromatic rings. The molecule has 1 unspecified atom stereocenters. The van der Waals surface area contributed by atoms with E-state index >= 15 is 0 Å². The van der Waals surface area contributed by atoms with Crippen molar-refractivity contribution in [2.75, 3.05) is 7.05 Å². The van der Waals surface area contributed by atoms with Crippen molar-refractivity contribution in [2.45, 2.75) is 26.8 Å². The van der Waals surface area contributed by atoms with E-state index in [-0.39, 0.29) is 0 Å². The van der Waals surface area contributed by atoms with Crippen molar-refractivity contribution in [3.05, 3.63) is 29.1 Å². The summed E-state index contributed by atoms with van der Waals surface area (Å²) >= 11 is 0. The van der Waals surface area contributed by atoms with Gasteiger partial charge in [-0.3, -0.25) is 4.98 Å². The second kappa shape index (κ2) is 3.68. The number of hydrogen-bond donors (Lipinski definition) is 1. The molecule has 1 aromatic heterocycles. The lowest BCUT2D eigenvalue weighted by Gasteiger charge is -2.10. The van der Waals surface area contributed by atoms with E-state index in [2.05, 4.69) is 36.3 Å². The first kappa shape index (κ1) is 9.20. The zero-order valence-electron chi connectivity index (χ0n) is 8.18. The third-order valence-corrected chi connectivity index (χ3v) is 1.99. The average molecular weight is 164 g/mol. The zero-order chi connectivity index (χ0) is 9.14. The number of pyridine rings is 1. The van der Waals surface area contributed by atoms with Crippen LogP contribution in [0.4, 0.5) is 0 Å². The molecule has 0 aliphatic heterocycles. The highest BCUT2D eigenvalue weighted by molar-refractivity contribution is 5.21. The van der Waals surface area contributed by atoms with Crippen LogP contribution in [-0.2, 0) is 0 Å². The largest absolute Gasteiger partial charge is 0.312 e. The van der Waals surface area contributed by atoms with Crippen molar-refractivity contribution in [2.24, 2.45) is 0 Å². The minimum absolute atomic E-state index is 0.337. The van der Waals surface area contributed by atoms with Crippen molar-refractivity contribution in [3.8, 4) is 0 Å². The van der Waals surface area contributed by atoms with E-state index in [4.69, 9.17) is 0 Å². The van der Waals surface area contributed by atoms with Crippen molar-refractivity contribution in [1.82, 2.24) is 10.3 Å². The van der Waals surface area contributed by atoms with Crippen molar-refractivity contribution >= 4 is 0 Å². The molecule has 1 heterocycles. The summed E-state index contributed by atoms with van der Waals surface area (Å²) < 4.78 is 0. The standard InChI is InChI=1S/C10H16N2/c1-7-5-8(2)12-10(6-7)9(3)11-4/h5-6,9,11H,1-4H3. The topological polar surface area (TPSA) is 24.9 Å².